The third-order valence-electron chi connectivity index (χ3n) is 4.72. The second-order valence-corrected chi connectivity index (χ2v) is 6.53. The second kappa shape index (κ2) is 8.67. The zero-order valence-electron chi connectivity index (χ0n) is 14.6. The number of rotatable bonds is 6. The highest BCUT2D eigenvalue weighted by Crippen LogP contribution is 2.23. The van der Waals surface area contributed by atoms with Crippen LogP contribution >= 0.6 is 0 Å². The molecule has 1 atom stereocenters. The Kier molecular flexibility index (Phi) is 6.07. The summed E-state index contributed by atoms with van der Waals surface area (Å²) in [6, 6.07) is 17.8. The molecule has 1 unspecified atom stereocenters. The van der Waals surface area contributed by atoms with Crippen molar-refractivity contribution in [1.29, 1.82) is 0 Å². The van der Waals surface area contributed by atoms with Gasteiger partial charge in [-0.1, -0.05) is 36.4 Å². The molecule has 1 aliphatic heterocycles. The van der Waals surface area contributed by atoms with Crippen molar-refractivity contribution in [2.75, 3.05) is 13.1 Å². The third-order valence-corrected chi connectivity index (χ3v) is 4.72. The molecular weight excluding hydrogens is 312 g/mol. The Bertz CT molecular complexity index is 685. The molecule has 1 aliphatic rings. The summed E-state index contributed by atoms with van der Waals surface area (Å²) in [7, 11) is 0. The van der Waals surface area contributed by atoms with Gasteiger partial charge in [0.05, 0.1) is 0 Å². The number of ether oxygens (including phenoxy) is 1. The predicted molar refractivity (Wildman–Crippen MR) is 99.6 cm³/mol. The molecule has 2 aromatic rings. The molecule has 1 amide bonds. The summed E-state index contributed by atoms with van der Waals surface area (Å²) < 4.78 is 5.85. The van der Waals surface area contributed by atoms with Gasteiger partial charge in [0.1, 0.15) is 12.4 Å². The fraction of sp³-hybridized carbons (Fsp3) is 0.381. The maximum atomic E-state index is 12.9. The normalized spacial score (nSPS) is 17.3. The minimum atomic E-state index is 0.0864. The van der Waals surface area contributed by atoms with E-state index in [0.717, 1.165) is 37.1 Å². The van der Waals surface area contributed by atoms with E-state index in [1.54, 1.807) is 0 Å². The van der Waals surface area contributed by atoms with Gasteiger partial charge in [-0.25, -0.2) is 0 Å². The lowest BCUT2D eigenvalue weighted by Crippen LogP contribution is -2.44. The van der Waals surface area contributed by atoms with Crippen molar-refractivity contribution in [3.63, 3.8) is 0 Å². The van der Waals surface area contributed by atoms with E-state index >= 15 is 0 Å². The number of benzene rings is 2. The molecule has 0 spiro atoms. The third kappa shape index (κ3) is 4.60. The molecule has 1 fully saturated rings. The van der Waals surface area contributed by atoms with Crippen LogP contribution in [0.25, 0.3) is 0 Å². The lowest BCUT2D eigenvalue weighted by molar-refractivity contribution is 0.0604. The van der Waals surface area contributed by atoms with Crippen LogP contribution in [0.2, 0.25) is 0 Å². The summed E-state index contributed by atoms with van der Waals surface area (Å²) >= 11 is 0. The summed E-state index contributed by atoms with van der Waals surface area (Å²) in [5, 5.41) is 0. The van der Waals surface area contributed by atoms with Crippen LogP contribution in [0, 0.1) is 0 Å². The Balaban J connectivity index is 1.68. The van der Waals surface area contributed by atoms with Gasteiger partial charge in [0.2, 0.25) is 0 Å². The standard InChI is InChI=1S/C21H26N2O2/c22-13-12-19-10-4-5-14-23(19)21(24)18-9-6-11-20(15-18)25-16-17-7-2-1-3-8-17/h1-3,6-9,11,15,19H,4-5,10,12-14,16,22H2. The molecule has 0 saturated carbocycles. The van der Waals surface area contributed by atoms with Gasteiger partial charge in [0.25, 0.3) is 5.91 Å². The molecule has 4 heteroatoms. The molecule has 0 aliphatic carbocycles. The Labute approximate surface area is 149 Å². The fourth-order valence-electron chi connectivity index (χ4n) is 3.39. The van der Waals surface area contributed by atoms with Crippen LogP contribution in [0.5, 0.6) is 5.75 Å². The van der Waals surface area contributed by atoms with Crippen molar-refractivity contribution in [1.82, 2.24) is 4.90 Å². The quantitative estimate of drug-likeness (QED) is 0.875. The zero-order chi connectivity index (χ0) is 17.5. The summed E-state index contributed by atoms with van der Waals surface area (Å²) in [6.07, 6.45) is 4.16. The Morgan fingerprint density at radius 3 is 2.76 bits per heavy atom. The van der Waals surface area contributed by atoms with E-state index in [9.17, 15) is 4.79 Å². The van der Waals surface area contributed by atoms with Gasteiger partial charge in [-0.2, -0.15) is 0 Å². The number of nitrogens with zero attached hydrogens (tertiary/aromatic N) is 1. The first-order valence-corrected chi connectivity index (χ1v) is 9.06. The molecular formula is C21H26N2O2. The number of nitrogens with two attached hydrogens (primary N) is 1. The van der Waals surface area contributed by atoms with Crippen molar-refractivity contribution in [3.8, 4) is 5.75 Å². The number of hydrogen-bond donors (Lipinski definition) is 1. The molecule has 1 saturated heterocycles. The smallest absolute Gasteiger partial charge is 0.254 e. The predicted octanol–water partition coefficient (Wildman–Crippen LogP) is 3.61. The van der Waals surface area contributed by atoms with Crippen LogP contribution in [0.3, 0.4) is 0 Å². The van der Waals surface area contributed by atoms with Gasteiger partial charge in [-0.3, -0.25) is 4.79 Å². The van der Waals surface area contributed by atoms with Gasteiger partial charge in [-0.05, 0) is 56.0 Å². The highest BCUT2D eigenvalue weighted by Gasteiger charge is 2.26. The van der Waals surface area contributed by atoms with E-state index in [2.05, 4.69) is 0 Å². The number of amides is 1. The van der Waals surface area contributed by atoms with Gasteiger partial charge >= 0.3 is 0 Å². The molecule has 4 nitrogen and oxygen atoms in total. The Morgan fingerprint density at radius 1 is 1.12 bits per heavy atom. The van der Waals surface area contributed by atoms with E-state index in [1.807, 2.05) is 59.5 Å². The first kappa shape index (κ1) is 17.5. The van der Waals surface area contributed by atoms with Crippen molar-refractivity contribution < 1.29 is 9.53 Å². The number of carbonyl (C=O) groups is 1. The van der Waals surface area contributed by atoms with Crippen molar-refractivity contribution in [2.45, 2.75) is 38.3 Å². The molecule has 25 heavy (non-hydrogen) atoms. The number of carbonyl (C=O) groups excluding carboxylic acids is 1. The van der Waals surface area contributed by atoms with Crippen molar-refractivity contribution >= 4 is 5.91 Å². The first-order valence-electron chi connectivity index (χ1n) is 9.06. The van der Waals surface area contributed by atoms with Crippen LogP contribution in [-0.2, 0) is 6.61 Å². The number of piperidine rings is 1. The Morgan fingerprint density at radius 2 is 1.96 bits per heavy atom. The average molecular weight is 338 g/mol. The van der Waals surface area contributed by atoms with Crippen LogP contribution in [0.1, 0.15) is 41.6 Å². The molecule has 1 heterocycles. The topological polar surface area (TPSA) is 55.6 Å². The van der Waals surface area contributed by atoms with E-state index in [1.165, 1.54) is 6.42 Å². The summed E-state index contributed by atoms with van der Waals surface area (Å²) in [5.41, 5.74) is 7.52. The fourth-order valence-corrected chi connectivity index (χ4v) is 3.39. The Hall–Kier alpha value is -2.33. The number of likely N-dealkylation sites (tertiary alicyclic amines) is 1. The molecule has 2 N–H and O–H groups in total. The maximum absolute atomic E-state index is 12.9. The van der Waals surface area contributed by atoms with Gasteiger partial charge < -0.3 is 15.4 Å². The van der Waals surface area contributed by atoms with E-state index in [-0.39, 0.29) is 11.9 Å². The molecule has 0 bridgehead atoms. The minimum absolute atomic E-state index is 0.0864. The van der Waals surface area contributed by atoms with E-state index < -0.39 is 0 Å². The van der Waals surface area contributed by atoms with Crippen molar-refractivity contribution in [2.24, 2.45) is 5.73 Å². The average Bonchev–Trinajstić information content (AvgIpc) is 2.68. The molecule has 0 aromatic heterocycles. The molecule has 3 rings (SSSR count). The highest BCUT2D eigenvalue weighted by molar-refractivity contribution is 5.94. The maximum Gasteiger partial charge on any atom is 0.254 e. The molecule has 0 radical (unpaired) electrons. The van der Waals surface area contributed by atoms with Crippen LogP contribution < -0.4 is 10.5 Å². The molecule has 132 valence electrons. The summed E-state index contributed by atoms with van der Waals surface area (Å²) in [4.78, 5) is 14.9. The largest absolute Gasteiger partial charge is 0.489 e. The van der Waals surface area contributed by atoms with Crippen molar-refractivity contribution in [3.05, 3.63) is 65.7 Å². The summed E-state index contributed by atoms with van der Waals surface area (Å²) in [5.74, 6) is 0.811. The first-order chi connectivity index (χ1) is 12.3. The second-order valence-electron chi connectivity index (χ2n) is 6.53. The number of hydrogen-bond acceptors (Lipinski definition) is 3. The van der Waals surface area contributed by atoms with E-state index in [0.29, 0.717) is 18.7 Å². The van der Waals surface area contributed by atoms with Crippen LogP contribution in [0.4, 0.5) is 0 Å². The summed E-state index contributed by atoms with van der Waals surface area (Å²) in [6.45, 7) is 1.94. The minimum Gasteiger partial charge on any atom is -0.489 e. The lowest BCUT2D eigenvalue weighted by atomic mass is 9.98. The van der Waals surface area contributed by atoms with Gasteiger partial charge in [-0.15, -0.1) is 0 Å². The van der Waals surface area contributed by atoms with E-state index in [4.69, 9.17) is 10.5 Å². The zero-order valence-corrected chi connectivity index (χ0v) is 14.6. The molecule has 2 aromatic carbocycles. The highest BCUT2D eigenvalue weighted by atomic mass is 16.5. The van der Waals surface area contributed by atoms with Crippen LogP contribution in [0.15, 0.2) is 54.6 Å². The SMILES string of the molecule is NCCC1CCCCN1C(=O)c1cccc(OCc2ccccc2)c1. The lowest BCUT2D eigenvalue weighted by Gasteiger charge is -2.35. The van der Waals surface area contributed by atoms with Gasteiger partial charge in [0, 0.05) is 18.2 Å². The van der Waals surface area contributed by atoms with Gasteiger partial charge in [0.15, 0.2) is 0 Å². The monoisotopic (exact) mass is 338 g/mol. The van der Waals surface area contributed by atoms with Crippen LogP contribution in [-0.4, -0.2) is 29.9 Å².